The Morgan fingerprint density at radius 3 is 2.24 bits per heavy atom. The number of unbranched alkanes of at least 4 members (excludes halogenated alkanes) is 1. The van der Waals surface area contributed by atoms with Crippen molar-refractivity contribution in [1.82, 2.24) is 10.2 Å². The summed E-state index contributed by atoms with van der Waals surface area (Å²) in [4.78, 5) is 28.0. The molecule has 3 aromatic rings. The van der Waals surface area contributed by atoms with Crippen molar-refractivity contribution >= 4 is 50.7 Å². The number of nitrogens with zero attached hydrogens (tertiary/aromatic N) is 2. The maximum absolute atomic E-state index is 13.7. The van der Waals surface area contributed by atoms with Gasteiger partial charge in [-0.1, -0.05) is 72.9 Å². The van der Waals surface area contributed by atoms with Crippen LogP contribution in [0.5, 0.6) is 5.75 Å². The van der Waals surface area contributed by atoms with Gasteiger partial charge in [-0.05, 0) is 60.9 Å². The van der Waals surface area contributed by atoms with Gasteiger partial charge >= 0.3 is 0 Å². The Morgan fingerprint density at radius 2 is 1.63 bits per heavy atom. The van der Waals surface area contributed by atoms with Gasteiger partial charge in [-0.3, -0.25) is 13.9 Å². The van der Waals surface area contributed by atoms with Gasteiger partial charge in [0.25, 0.3) is 0 Å². The predicted octanol–water partition coefficient (Wildman–Crippen LogP) is 5.67. The first kappa shape index (κ1) is 32.2. The summed E-state index contributed by atoms with van der Waals surface area (Å²) in [5.74, 6) is -0.335. The van der Waals surface area contributed by atoms with E-state index in [9.17, 15) is 18.0 Å². The van der Waals surface area contributed by atoms with E-state index in [1.54, 1.807) is 49.4 Å². The van der Waals surface area contributed by atoms with Crippen LogP contribution in [0.1, 0.15) is 37.8 Å². The monoisotopic (exact) mass is 619 g/mol. The highest BCUT2D eigenvalue weighted by Crippen LogP contribution is 2.25. The fraction of sp³-hybridized carbons (Fsp3) is 0.333. The fourth-order valence-electron chi connectivity index (χ4n) is 4.02. The zero-order valence-electron chi connectivity index (χ0n) is 23.3. The van der Waals surface area contributed by atoms with Crippen LogP contribution in [-0.2, 0) is 32.8 Å². The van der Waals surface area contributed by atoms with Crippen LogP contribution in [0.2, 0.25) is 10.0 Å². The molecule has 220 valence electrons. The van der Waals surface area contributed by atoms with Gasteiger partial charge < -0.3 is 15.0 Å². The van der Waals surface area contributed by atoms with Crippen LogP contribution >= 0.6 is 23.2 Å². The first-order valence-corrected chi connectivity index (χ1v) is 15.9. The summed E-state index contributed by atoms with van der Waals surface area (Å²) >= 11 is 12.2. The Morgan fingerprint density at radius 1 is 0.951 bits per heavy atom. The van der Waals surface area contributed by atoms with Crippen LogP contribution in [0.3, 0.4) is 0 Å². The number of ether oxygens (including phenoxy) is 1. The van der Waals surface area contributed by atoms with Crippen LogP contribution in [0.25, 0.3) is 0 Å². The maximum atomic E-state index is 13.7. The number of carbonyl (C=O) groups excluding carboxylic acids is 2. The number of anilines is 1. The lowest BCUT2D eigenvalue weighted by molar-refractivity contribution is -0.139. The number of benzene rings is 3. The third kappa shape index (κ3) is 9.66. The number of carbonyl (C=O) groups is 2. The molecular formula is C30H35Cl2N3O5S. The minimum absolute atomic E-state index is 0.0297. The van der Waals surface area contributed by atoms with E-state index < -0.39 is 28.5 Å². The number of halogens is 2. The summed E-state index contributed by atoms with van der Waals surface area (Å²) in [6.07, 6.45) is 2.73. The Kier molecular flexibility index (Phi) is 11.9. The van der Waals surface area contributed by atoms with E-state index in [2.05, 4.69) is 5.32 Å². The van der Waals surface area contributed by atoms with Gasteiger partial charge in [-0.15, -0.1) is 0 Å². The van der Waals surface area contributed by atoms with Gasteiger partial charge in [0.05, 0.1) is 22.0 Å². The van der Waals surface area contributed by atoms with Crippen molar-refractivity contribution in [2.45, 2.75) is 45.9 Å². The van der Waals surface area contributed by atoms with E-state index in [0.717, 1.165) is 29.0 Å². The molecule has 1 atom stereocenters. The zero-order valence-corrected chi connectivity index (χ0v) is 25.7. The number of sulfonamides is 1. The summed E-state index contributed by atoms with van der Waals surface area (Å²) < 4.78 is 32.5. The number of amides is 2. The van der Waals surface area contributed by atoms with Crippen molar-refractivity contribution in [3.05, 3.63) is 94.0 Å². The smallest absolute Gasteiger partial charge is 0.244 e. The van der Waals surface area contributed by atoms with E-state index in [0.29, 0.717) is 40.2 Å². The third-order valence-corrected chi connectivity index (χ3v) is 8.27. The van der Waals surface area contributed by atoms with Gasteiger partial charge in [0.1, 0.15) is 24.9 Å². The molecule has 11 heteroatoms. The topological polar surface area (TPSA) is 96.0 Å². The Hall–Kier alpha value is -3.27. The number of hydrogen-bond donors (Lipinski definition) is 1. The Labute approximate surface area is 252 Å². The zero-order chi connectivity index (χ0) is 30.0. The minimum atomic E-state index is -3.86. The summed E-state index contributed by atoms with van der Waals surface area (Å²) in [5.41, 5.74) is 1.93. The largest absolute Gasteiger partial charge is 0.489 e. The van der Waals surface area contributed by atoms with Crippen molar-refractivity contribution in [1.29, 1.82) is 0 Å². The molecule has 3 aromatic carbocycles. The number of nitrogens with one attached hydrogen (secondary N) is 1. The van der Waals surface area contributed by atoms with Crippen LogP contribution in [-0.4, -0.2) is 50.5 Å². The average Bonchev–Trinajstić information content (AvgIpc) is 2.95. The fourth-order valence-corrected chi connectivity index (χ4v) is 5.19. The molecule has 0 unspecified atom stereocenters. The summed E-state index contributed by atoms with van der Waals surface area (Å²) in [6.45, 7) is 3.98. The van der Waals surface area contributed by atoms with Crippen LogP contribution < -0.4 is 14.4 Å². The standard InChI is InChI=1S/C30H35Cl2N3O5S/c1-4-5-17-33-30(37)22(2)34(19-24-11-16-27(31)28(32)18-24)29(36)20-35(41(3,38)39)25-12-14-26(15-13-25)40-21-23-9-7-6-8-10-23/h6-16,18,22H,4-5,17,19-21H2,1-3H3,(H,33,37)/t22-/m0/s1. The van der Waals surface area contributed by atoms with Crippen LogP contribution in [0.15, 0.2) is 72.8 Å². The molecule has 0 aliphatic heterocycles. The van der Waals surface area contributed by atoms with Crippen molar-refractivity contribution in [3.8, 4) is 5.75 Å². The first-order valence-electron chi connectivity index (χ1n) is 13.2. The highest BCUT2D eigenvalue weighted by Gasteiger charge is 2.30. The average molecular weight is 621 g/mol. The normalized spacial score (nSPS) is 11.9. The molecule has 0 bridgehead atoms. The minimum Gasteiger partial charge on any atom is -0.489 e. The molecule has 3 rings (SSSR count). The molecule has 0 spiro atoms. The molecule has 0 saturated carbocycles. The molecular weight excluding hydrogens is 585 g/mol. The lowest BCUT2D eigenvalue weighted by atomic mass is 10.1. The SMILES string of the molecule is CCCCNC(=O)[C@H](C)N(Cc1ccc(Cl)c(Cl)c1)C(=O)CN(c1ccc(OCc2ccccc2)cc1)S(C)(=O)=O. The van der Waals surface area contributed by atoms with E-state index in [1.807, 2.05) is 37.3 Å². The molecule has 2 amide bonds. The molecule has 41 heavy (non-hydrogen) atoms. The van der Waals surface area contributed by atoms with E-state index in [1.165, 1.54) is 4.90 Å². The molecule has 0 saturated heterocycles. The van der Waals surface area contributed by atoms with Gasteiger partial charge in [-0.2, -0.15) is 0 Å². The second-order valence-electron chi connectivity index (χ2n) is 9.63. The summed E-state index contributed by atoms with van der Waals surface area (Å²) in [5, 5.41) is 3.51. The Bertz CT molecular complexity index is 1420. The van der Waals surface area contributed by atoms with E-state index >= 15 is 0 Å². The number of rotatable bonds is 14. The van der Waals surface area contributed by atoms with Crippen molar-refractivity contribution < 1.29 is 22.7 Å². The highest BCUT2D eigenvalue weighted by atomic mass is 35.5. The molecule has 0 aromatic heterocycles. The molecule has 0 radical (unpaired) electrons. The summed E-state index contributed by atoms with van der Waals surface area (Å²) in [6, 6.07) is 20.2. The molecule has 8 nitrogen and oxygen atoms in total. The van der Waals surface area contributed by atoms with E-state index in [4.69, 9.17) is 27.9 Å². The molecule has 1 N–H and O–H groups in total. The molecule has 0 fully saturated rings. The third-order valence-electron chi connectivity index (χ3n) is 6.39. The van der Waals surface area contributed by atoms with Gasteiger partial charge in [0.2, 0.25) is 21.8 Å². The predicted molar refractivity (Wildman–Crippen MR) is 164 cm³/mol. The quantitative estimate of drug-likeness (QED) is 0.234. The Balaban J connectivity index is 1.82. The van der Waals surface area contributed by atoms with Gasteiger partial charge in [-0.25, -0.2) is 8.42 Å². The number of hydrogen-bond acceptors (Lipinski definition) is 5. The maximum Gasteiger partial charge on any atom is 0.244 e. The van der Waals surface area contributed by atoms with E-state index in [-0.39, 0.29) is 12.5 Å². The summed E-state index contributed by atoms with van der Waals surface area (Å²) in [7, 11) is -3.86. The first-order chi connectivity index (χ1) is 19.5. The van der Waals surface area contributed by atoms with Crippen molar-refractivity contribution in [3.63, 3.8) is 0 Å². The molecule has 0 heterocycles. The van der Waals surface area contributed by atoms with Crippen LogP contribution in [0.4, 0.5) is 5.69 Å². The van der Waals surface area contributed by atoms with Crippen LogP contribution in [0, 0.1) is 0 Å². The second-order valence-corrected chi connectivity index (χ2v) is 12.3. The van der Waals surface area contributed by atoms with Crippen molar-refractivity contribution in [2.24, 2.45) is 0 Å². The highest BCUT2D eigenvalue weighted by molar-refractivity contribution is 7.92. The van der Waals surface area contributed by atoms with Gasteiger partial charge in [0, 0.05) is 13.1 Å². The molecule has 0 aliphatic rings. The van der Waals surface area contributed by atoms with Crippen molar-refractivity contribution in [2.75, 3.05) is 23.7 Å². The van der Waals surface area contributed by atoms with Gasteiger partial charge in [0.15, 0.2) is 0 Å². The lowest BCUT2D eigenvalue weighted by Gasteiger charge is -2.31. The lowest BCUT2D eigenvalue weighted by Crippen LogP contribution is -2.51. The molecule has 0 aliphatic carbocycles. The second kappa shape index (κ2) is 15.1.